The Kier molecular flexibility index (Phi) is 16.9. The molecule has 0 saturated carbocycles. The van der Waals surface area contributed by atoms with E-state index in [0.29, 0.717) is 46.6 Å². The number of likely N-dealkylation sites (N-methyl/N-ethyl adjacent to an activating group) is 1. The van der Waals surface area contributed by atoms with Gasteiger partial charge in [-0.15, -0.1) is 11.3 Å². The smallest absolute Gasteiger partial charge is 0.329 e. The molecule has 20 heteroatoms. The Balaban J connectivity index is 1.32. The molecule has 1 unspecified atom stereocenters. The Bertz CT molecular complexity index is 2520. The quantitative estimate of drug-likeness (QED) is 0.0874. The van der Waals surface area contributed by atoms with E-state index >= 15 is 4.79 Å². The van der Waals surface area contributed by atoms with E-state index in [-0.39, 0.29) is 49.8 Å². The second-order valence-corrected chi connectivity index (χ2v) is 22.0. The number of rotatable bonds is 14. The number of nitrogens with zero attached hydrogens (tertiary/aromatic N) is 5. The number of aliphatic carboxylic acids is 1. The molecule has 3 aromatic heterocycles. The monoisotopic (exact) mass is 977 g/mol. The van der Waals surface area contributed by atoms with Crippen molar-refractivity contribution in [2.75, 3.05) is 32.6 Å². The van der Waals surface area contributed by atoms with Crippen molar-refractivity contribution in [2.45, 2.75) is 147 Å². The average molecular weight is 978 g/mol. The number of hydrogen-bond acceptors (Lipinski definition) is 13. The van der Waals surface area contributed by atoms with Gasteiger partial charge in [0.25, 0.3) is 10.0 Å². The molecular formula is C48H67N9O9S2. The molecule has 2 aliphatic rings. The minimum Gasteiger partial charge on any atom is -0.497 e. The summed E-state index contributed by atoms with van der Waals surface area (Å²) in [5.41, 5.74) is -0.469. The number of nitrogens with one attached hydrogen (secondary N) is 4. The van der Waals surface area contributed by atoms with E-state index in [2.05, 4.69) is 26.3 Å². The molecule has 1 aromatic carbocycles. The van der Waals surface area contributed by atoms with Gasteiger partial charge in [0.2, 0.25) is 11.8 Å². The topological polar surface area (TPSA) is 234 Å². The van der Waals surface area contributed by atoms with E-state index < -0.39 is 69.0 Å². The maximum atomic E-state index is 15.1. The van der Waals surface area contributed by atoms with Crippen LogP contribution in [0.2, 0.25) is 0 Å². The number of carboxylic acid groups (broad SMARTS) is 1. The van der Waals surface area contributed by atoms with Gasteiger partial charge in [-0.1, -0.05) is 72.3 Å². The molecule has 0 radical (unpaired) electrons. The van der Waals surface area contributed by atoms with Crippen molar-refractivity contribution < 1.29 is 42.2 Å². The lowest BCUT2D eigenvalue weighted by Gasteiger charge is -2.35. The molecule has 4 aromatic rings. The fourth-order valence-electron chi connectivity index (χ4n) is 8.60. The number of amides is 4. The number of benzene rings is 1. The third-order valence-corrected chi connectivity index (χ3v) is 15.2. The minimum absolute atomic E-state index is 0.0214. The van der Waals surface area contributed by atoms with Crippen LogP contribution < -0.4 is 30.7 Å². The molecule has 4 amide bonds. The van der Waals surface area contributed by atoms with Crippen molar-refractivity contribution in [2.24, 2.45) is 5.41 Å². The predicted molar refractivity (Wildman–Crippen MR) is 261 cm³/mol. The normalized spacial score (nSPS) is 21.6. The first-order valence-electron chi connectivity index (χ1n) is 23.4. The summed E-state index contributed by atoms with van der Waals surface area (Å²) >= 11 is 1.45. The first-order chi connectivity index (χ1) is 32.2. The molecule has 5 atom stereocenters. The van der Waals surface area contributed by atoms with E-state index in [1.165, 1.54) is 35.5 Å². The van der Waals surface area contributed by atoms with Gasteiger partial charge in [0, 0.05) is 61.2 Å². The zero-order valence-corrected chi connectivity index (χ0v) is 42.0. The zero-order chi connectivity index (χ0) is 49.4. The second-order valence-electron chi connectivity index (χ2n) is 19.1. The number of thiazole rings is 1. The van der Waals surface area contributed by atoms with Crippen LogP contribution in [0.3, 0.4) is 0 Å². The van der Waals surface area contributed by atoms with Gasteiger partial charge < -0.3 is 40.7 Å². The van der Waals surface area contributed by atoms with E-state index in [0.717, 1.165) is 35.1 Å². The molecule has 6 rings (SSSR count). The average Bonchev–Trinajstić information content (AvgIpc) is 3.95. The summed E-state index contributed by atoms with van der Waals surface area (Å²) in [5.74, 6) is -1.29. The van der Waals surface area contributed by atoms with Gasteiger partial charge in [-0.3, -0.25) is 9.59 Å². The van der Waals surface area contributed by atoms with Gasteiger partial charge in [-0.05, 0) is 62.8 Å². The molecule has 0 aliphatic carbocycles. The number of ether oxygens (including phenoxy) is 2. The number of aromatic nitrogens is 3. The lowest BCUT2D eigenvalue weighted by Crippen LogP contribution is -2.61. The van der Waals surface area contributed by atoms with E-state index in [9.17, 15) is 27.9 Å². The summed E-state index contributed by atoms with van der Waals surface area (Å²) in [6.07, 6.45) is 5.66. The number of carbonyl (C=O) groups excluding carboxylic acids is 3. The number of sulfonamides is 1. The first kappa shape index (κ1) is 51.8. The number of carboxylic acids is 1. The maximum Gasteiger partial charge on any atom is 0.329 e. The van der Waals surface area contributed by atoms with Crippen molar-refractivity contribution in [3.8, 4) is 22.9 Å². The van der Waals surface area contributed by atoms with E-state index in [1.54, 1.807) is 44.4 Å². The van der Waals surface area contributed by atoms with Crippen LogP contribution in [0.4, 0.5) is 9.93 Å². The number of urea groups is 1. The molecule has 2 aliphatic heterocycles. The lowest BCUT2D eigenvalue weighted by atomic mass is 9.87. The summed E-state index contributed by atoms with van der Waals surface area (Å²) in [5, 5.41) is 25.8. The third kappa shape index (κ3) is 12.5. The fourth-order valence-corrected chi connectivity index (χ4v) is 10.6. The summed E-state index contributed by atoms with van der Waals surface area (Å²) < 4.78 is 40.4. The lowest BCUT2D eigenvalue weighted by molar-refractivity contribution is -0.150. The van der Waals surface area contributed by atoms with Crippen molar-refractivity contribution in [1.82, 2.24) is 40.1 Å². The molecule has 0 spiro atoms. The summed E-state index contributed by atoms with van der Waals surface area (Å²) in [4.78, 5) is 71.8. The summed E-state index contributed by atoms with van der Waals surface area (Å²) in [6, 6.07) is 8.32. The molecule has 68 heavy (non-hydrogen) atoms. The predicted octanol–water partition coefficient (Wildman–Crippen LogP) is 6.82. The number of pyridine rings is 2. The minimum atomic E-state index is -4.00. The molecule has 2 saturated heterocycles. The molecule has 0 bridgehead atoms. The maximum absolute atomic E-state index is 15.1. The molecular weight excluding hydrogens is 911 g/mol. The van der Waals surface area contributed by atoms with Crippen molar-refractivity contribution in [1.29, 1.82) is 0 Å². The van der Waals surface area contributed by atoms with Gasteiger partial charge in [-0.2, -0.15) is 4.31 Å². The molecule has 5 N–H and O–H groups in total. The number of fused-ring (bicyclic) bond motifs is 2. The SMILES string of the molecule is CC[C@]1(C(=O)O)CCCCCCCC[C@H](NC(=O)NC(CN(C)S(=O)(=O)c2ccccn2)C(C)(C)C)C(=O)N2C[C@H](Oc3cc(-c4csc(NC(C)C)n4)nc4cc(OC)ccc34)C[C@H]2C(=O)N1. The Morgan fingerprint density at radius 3 is 2.44 bits per heavy atom. The standard InChI is InChI=1S/C48H67N9O9S2/c1-9-48(44(60)61)22-16-13-11-10-12-14-18-34(52-45(62)54-40(47(4,5)6)28-56(7)68(63,64)41-19-15-17-23-49-41)43(59)57-27-32(25-38(57)42(58)55-48)66-39-26-36(37-29-67-46(53-37)50-30(2)3)51-35-24-31(65-8)20-21-33(35)39/h15,17,19-21,23-24,26,29-30,32,34,38,40H,9-14,16,18,22,25,27-28H2,1-8H3,(H,50,53)(H,55,58)(H,60,61)(H2,52,54,62)/t32-,34+,38+,40?,48-/m1/s1. The molecule has 2 fully saturated rings. The Labute approximate surface area is 403 Å². The number of carbonyl (C=O) groups is 4. The zero-order valence-electron chi connectivity index (χ0n) is 40.3. The highest BCUT2D eigenvalue weighted by atomic mass is 32.2. The van der Waals surface area contributed by atoms with E-state index in [1.807, 2.05) is 46.1 Å². The number of hydrogen-bond donors (Lipinski definition) is 5. The van der Waals surface area contributed by atoms with Gasteiger partial charge in [0.05, 0.1) is 24.9 Å². The van der Waals surface area contributed by atoms with Gasteiger partial charge >= 0.3 is 12.0 Å². The third-order valence-electron chi connectivity index (χ3n) is 12.7. The van der Waals surface area contributed by atoms with Gasteiger partial charge in [-0.25, -0.2) is 33.0 Å². The van der Waals surface area contributed by atoms with Crippen LogP contribution >= 0.6 is 11.3 Å². The van der Waals surface area contributed by atoms with Crippen molar-refractivity contribution in [3.05, 3.63) is 54.0 Å². The number of anilines is 1. The number of methoxy groups -OCH3 is 1. The first-order valence-corrected chi connectivity index (χ1v) is 25.7. The Morgan fingerprint density at radius 1 is 1.04 bits per heavy atom. The van der Waals surface area contributed by atoms with Crippen LogP contribution in [0.15, 0.2) is 59.1 Å². The van der Waals surface area contributed by atoms with Gasteiger partial charge in [0.15, 0.2) is 10.2 Å². The van der Waals surface area contributed by atoms with Crippen LogP contribution in [-0.4, -0.2) is 125 Å². The highest BCUT2D eigenvalue weighted by molar-refractivity contribution is 7.89. The van der Waals surface area contributed by atoms with E-state index in [4.69, 9.17) is 19.4 Å². The van der Waals surface area contributed by atoms with Crippen molar-refractivity contribution in [3.63, 3.8) is 0 Å². The fraction of sp³-hybridized carbons (Fsp3) is 0.562. The Hall–Kier alpha value is -5.60. The van der Waals surface area contributed by atoms with Crippen LogP contribution in [0.5, 0.6) is 11.5 Å². The highest BCUT2D eigenvalue weighted by Gasteiger charge is 2.47. The molecule has 370 valence electrons. The van der Waals surface area contributed by atoms with Crippen molar-refractivity contribution >= 4 is 61.2 Å². The van der Waals surface area contributed by atoms with Crippen LogP contribution in [0.1, 0.15) is 106 Å². The molecule has 5 heterocycles. The highest BCUT2D eigenvalue weighted by Crippen LogP contribution is 2.36. The van der Waals surface area contributed by atoms with Crippen LogP contribution in [0, 0.1) is 5.41 Å². The largest absolute Gasteiger partial charge is 0.497 e. The van der Waals surface area contributed by atoms with Crippen LogP contribution in [0.25, 0.3) is 22.3 Å². The molecule has 18 nitrogen and oxygen atoms in total. The van der Waals surface area contributed by atoms with Crippen LogP contribution in [-0.2, 0) is 24.4 Å². The Morgan fingerprint density at radius 2 is 1.78 bits per heavy atom. The second kappa shape index (κ2) is 22.2. The van der Waals surface area contributed by atoms with Gasteiger partial charge in [0.1, 0.15) is 40.9 Å². The summed E-state index contributed by atoms with van der Waals surface area (Å²) in [6.45, 7) is 11.2. The summed E-state index contributed by atoms with van der Waals surface area (Å²) in [7, 11) is -1.01.